The Balaban J connectivity index is 2.34. The van der Waals surface area contributed by atoms with Gasteiger partial charge in [-0.3, -0.25) is 4.79 Å². The lowest BCUT2D eigenvalue weighted by atomic mass is 10.2. The Kier molecular flexibility index (Phi) is 7.01. The fourth-order valence-electron chi connectivity index (χ4n) is 1.73. The number of hydrogen-bond acceptors (Lipinski definition) is 3. The molecule has 0 bridgehead atoms. The van der Waals surface area contributed by atoms with Crippen LogP contribution in [0.5, 0.6) is 5.75 Å². The van der Waals surface area contributed by atoms with E-state index >= 15 is 0 Å². The molecule has 1 aromatic carbocycles. The van der Waals surface area contributed by atoms with Crippen LogP contribution in [0.3, 0.4) is 0 Å². The summed E-state index contributed by atoms with van der Waals surface area (Å²) in [5, 5.41) is 2.71. The number of nitrogens with one attached hydrogen (secondary N) is 1. The van der Waals surface area contributed by atoms with Crippen LogP contribution < -0.4 is 15.8 Å². The summed E-state index contributed by atoms with van der Waals surface area (Å²) < 4.78 is 39.7. The van der Waals surface area contributed by atoms with Crippen LogP contribution in [0.4, 0.5) is 13.2 Å². The SMILES string of the molecule is NCCCCCCNC(=O)c1ccc(OC(F)(F)F)cc1. The van der Waals surface area contributed by atoms with Gasteiger partial charge in [-0.15, -0.1) is 13.2 Å². The van der Waals surface area contributed by atoms with Crippen LogP contribution >= 0.6 is 0 Å². The molecule has 1 rings (SSSR count). The number of alkyl halides is 3. The van der Waals surface area contributed by atoms with Gasteiger partial charge in [-0.2, -0.15) is 0 Å². The number of rotatable bonds is 8. The summed E-state index contributed by atoms with van der Waals surface area (Å²) in [4.78, 5) is 11.7. The number of carbonyl (C=O) groups excluding carboxylic acids is 1. The molecule has 0 aliphatic rings. The number of hydrogen-bond donors (Lipinski definition) is 2. The monoisotopic (exact) mass is 304 g/mol. The maximum absolute atomic E-state index is 12.0. The average Bonchev–Trinajstić information content (AvgIpc) is 2.41. The highest BCUT2D eigenvalue weighted by Gasteiger charge is 2.31. The molecule has 0 aromatic heterocycles. The van der Waals surface area contributed by atoms with Gasteiger partial charge in [-0.1, -0.05) is 12.8 Å². The quantitative estimate of drug-likeness (QED) is 0.726. The van der Waals surface area contributed by atoms with Crippen molar-refractivity contribution in [1.82, 2.24) is 5.32 Å². The lowest BCUT2D eigenvalue weighted by Crippen LogP contribution is -2.24. The molecule has 0 saturated carbocycles. The minimum absolute atomic E-state index is 0.298. The first-order valence-corrected chi connectivity index (χ1v) is 6.76. The van der Waals surface area contributed by atoms with Gasteiger partial charge in [-0.25, -0.2) is 0 Å². The summed E-state index contributed by atoms with van der Waals surface area (Å²) in [6.45, 7) is 1.20. The van der Waals surface area contributed by atoms with Gasteiger partial charge in [-0.05, 0) is 43.7 Å². The van der Waals surface area contributed by atoms with Crippen LogP contribution in [0.1, 0.15) is 36.0 Å². The van der Waals surface area contributed by atoms with Gasteiger partial charge in [0.2, 0.25) is 0 Å². The highest BCUT2D eigenvalue weighted by atomic mass is 19.4. The molecule has 0 aliphatic heterocycles. The van der Waals surface area contributed by atoms with Gasteiger partial charge >= 0.3 is 6.36 Å². The molecule has 0 unspecified atom stereocenters. The second-order valence-electron chi connectivity index (χ2n) is 4.53. The van der Waals surface area contributed by atoms with Crippen molar-refractivity contribution in [3.05, 3.63) is 29.8 Å². The van der Waals surface area contributed by atoms with Crippen molar-refractivity contribution in [2.45, 2.75) is 32.0 Å². The summed E-state index contributed by atoms with van der Waals surface area (Å²) in [5.74, 6) is -0.659. The number of benzene rings is 1. The first-order chi connectivity index (χ1) is 9.92. The maximum Gasteiger partial charge on any atom is 0.573 e. The highest BCUT2D eigenvalue weighted by Crippen LogP contribution is 2.22. The third kappa shape index (κ3) is 7.55. The van der Waals surface area contributed by atoms with Gasteiger partial charge in [0.25, 0.3) is 5.91 Å². The molecule has 4 nitrogen and oxygen atoms in total. The molecule has 1 aromatic rings. The van der Waals surface area contributed by atoms with Crippen LogP contribution in [0, 0.1) is 0 Å². The van der Waals surface area contributed by atoms with Gasteiger partial charge in [0.15, 0.2) is 0 Å². The number of nitrogens with two attached hydrogens (primary N) is 1. The van der Waals surface area contributed by atoms with E-state index in [1.165, 1.54) is 12.1 Å². The normalized spacial score (nSPS) is 11.2. The number of ether oxygens (including phenoxy) is 1. The molecule has 0 spiro atoms. The molecule has 3 N–H and O–H groups in total. The van der Waals surface area contributed by atoms with Crippen LogP contribution in [-0.2, 0) is 0 Å². The Morgan fingerprint density at radius 1 is 1.10 bits per heavy atom. The van der Waals surface area contributed by atoms with E-state index in [1.54, 1.807) is 0 Å². The molecular formula is C14H19F3N2O2. The Bertz CT molecular complexity index is 433. The summed E-state index contributed by atoms with van der Waals surface area (Å²) in [6, 6.07) is 4.82. The fraction of sp³-hybridized carbons (Fsp3) is 0.500. The number of amides is 1. The predicted molar refractivity (Wildman–Crippen MR) is 73.0 cm³/mol. The van der Waals surface area contributed by atoms with E-state index in [9.17, 15) is 18.0 Å². The van der Waals surface area contributed by atoms with E-state index in [0.29, 0.717) is 18.7 Å². The molecule has 118 valence electrons. The third-order valence-electron chi connectivity index (χ3n) is 2.77. The topological polar surface area (TPSA) is 64.3 Å². The van der Waals surface area contributed by atoms with E-state index in [4.69, 9.17) is 5.73 Å². The van der Waals surface area contributed by atoms with Crippen molar-refractivity contribution in [2.75, 3.05) is 13.1 Å². The van der Waals surface area contributed by atoms with Crippen molar-refractivity contribution in [3.8, 4) is 5.75 Å². The average molecular weight is 304 g/mol. The second-order valence-corrected chi connectivity index (χ2v) is 4.53. The van der Waals surface area contributed by atoms with Crippen molar-refractivity contribution in [3.63, 3.8) is 0 Å². The minimum atomic E-state index is -4.73. The maximum atomic E-state index is 12.0. The van der Waals surface area contributed by atoms with Crippen molar-refractivity contribution < 1.29 is 22.7 Å². The summed E-state index contributed by atoms with van der Waals surface area (Å²) in [6.07, 6.45) is -0.908. The number of unbranched alkanes of at least 4 members (excludes halogenated alkanes) is 3. The zero-order valence-electron chi connectivity index (χ0n) is 11.6. The molecule has 0 fully saturated rings. The van der Waals surface area contributed by atoms with E-state index in [2.05, 4.69) is 10.1 Å². The summed E-state index contributed by atoms with van der Waals surface area (Å²) in [7, 11) is 0. The van der Waals surface area contributed by atoms with Gasteiger partial charge in [0, 0.05) is 12.1 Å². The van der Waals surface area contributed by atoms with Crippen molar-refractivity contribution in [2.24, 2.45) is 5.73 Å². The number of carbonyl (C=O) groups is 1. The molecule has 0 heterocycles. The Hall–Kier alpha value is -1.76. The second kappa shape index (κ2) is 8.51. The molecule has 1 amide bonds. The van der Waals surface area contributed by atoms with E-state index in [1.807, 2.05) is 0 Å². The molecule has 0 aliphatic carbocycles. The fourth-order valence-corrected chi connectivity index (χ4v) is 1.73. The number of halogens is 3. The standard InChI is InChI=1S/C14H19F3N2O2/c15-14(16,17)21-12-7-5-11(6-8-12)13(20)19-10-4-2-1-3-9-18/h5-8H,1-4,9-10,18H2,(H,19,20). The molecule has 0 saturated heterocycles. The zero-order valence-corrected chi connectivity index (χ0v) is 11.6. The Morgan fingerprint density at radius 2 is 1.71 bits per heavy atom. The van der Waals surface area contributed by atoms with E-state index in [-0.39, 0.29) is 11.7 Å². The van der Waals surface area contributed by atoms with Crippen LogP contribution in [0.2, 0.25) is 0 Å². The van der Waals surface area contributed by atoms with E-state index in [0.717, 1.165) is 37.8 Å². The van der Waals surface area contributed by atoms with Crippen LogP contribution in [0.15, 0.2) is 24.3 Å². The molecule has 21 heavy (non-hydrogen) atoms. The largest absolute Gasteiger partial charge is 0.573 e. The van der Waals surface area contributed by atoms with Gasteiger partial charge in [0.05, 0.1) is 0 Å². The van der Waals surface area contributed by atoms with Gasteiger partial charge < -0.3 is 15.8 Å². The first-order valence-electron chi connectivity index (χ1n) is 6.76. The van der Waals surface area contributed by atoms with Gasteiger partial charge in [0.1, 0.15) is 5.75 Å². The Morgan fingerprint density at radius 3 is 2.29 bits per heavy atom. The van der Waals surface area contributed by atoms with Crippen LogP contribution in [0.25, 0.3) is 0 Å². The smallest absolute Gasteiger partial charge is 0.406 e. The van der Waals surface area contributed by atoms with E-state index < -0.39 is 6.36 Å². The lowest BCUT2D eigenvalue weighted by molar-refractivity contribution is -0.274. The highest BCUT2D eigenvalue weighted by molar-refractivity contribution is 5.94. The van der Waals surface area contributed by atoms with Crippen LogP contribution in [-0.4, -0.2) is 25.4 Å². The third-order valence-corrected chi connectivity index (χ3v) is 2.77. The zero-order chi connectivity index (χ0) is 15.7. The molecule has 0 atom stereocenters. The van der Waals surface area contributed by atoms with Crippen molar-refractivity contribution in [1.29, 1.82) is 0 Å². The molecular weight excluding hydrogens is 285 g/mol. The minimum Gasteiger partial charge on any atom is -0.406 e. The Labute approximate surface area is 121 Å². The predicted octanol–water partition coefficient (Wildman–Crippen LogP) is 2.83. The summed E-state index contributed by atoms with van der Waals surface area (Å²) >= 11 is 0. The molecule has 7 heteroatoms. The summed E-state index contributed by atoms with van der Waals surface area (Å²) in [5.41, 5.74) is 5.67. The van der Waals surface area contributed by atoms with Crippen molar-refractivity contribution >= 4 is 5.91 Å². The lowest BCUT2D eigenvalue weighted by Gasteiger charge is -2.09. The first kappa shape index (κ1) is 17.3. The molecule has 0 radical (unpaired) electrons.